The lowest BCUT2D eigenvalue weighted by atomic mass is 10.1. The van der Waals surface area contributed by atoms with E-state index in [1.165, 1.54) is 12.1 Å². The first kappa shape index (κ1) is 16.1. The van der Waals surface area contributed by atoms with Gasteiger partial charge in [-0.2, -0.15) is 4.98 Å². The maximum absolute atomic E-state index is 13.0. The minimum atomic E-state index is -0.488. The molecule has 1 N–H and O–H groups in total. The molecule has 0 unspecified atom stereocenters. The highest BCUT2D eigenvalue weighted by Gasteiger charge is 2.20. The number of carbonyl (C=O) groups excluding carboxylic acids is 1. The molecule has 8 heteroatoms. The van der Waals surface area contributed by atoms with Crippen LogP contribution in [0.3, 0.4) is 0 Å². The van der Waals surface area contributed by atoms with Crippen LogP contribution in [-0.2, 0) is 0 Å². The van der Waals surface area contributed by atoms with Crippen molar-refractivity contribution in [3.8, 4) is 23.0 Å². The van der Waals surface area contributed by atoms with Gasteiger partial charge in [-0.3, -0.25) is 4.79 Å². The molecule has 0 saturated heterocycles. The topological polar surface area (TPSA) is 86.5 Å². The molecular weight excluding hydrogens is 341 g/mol. The van der Waals surface area contributed by atoms with Crippen molar-refractivity contribution in [2.75, 3.05) is 6.79 Å². The second-order valence-electron chi connectivity index (χ2n) is 5.74. The molecule has 1 aromatic heterocycles. The summed E-state index contributed by atoms with van der Waals surface area (Å²) in [5.41, 5.74) is 1.38. The van der Waals surface area contributed by atoms with Crippen LogP contribution in [0.4, 0.5) is 4.39 Å². The van der Waals surface area contributed by atoms with Crippen LogP contribution in [0.5, 0.6) is 11.5 Å². The lowest BCUT2D eigenvalue weighted by Gasteiger charge is -2.12. The number of hydrogen-bond donors (Lipinski definition) is 1. The largest absolute Gasteiger partial charge is 0.454 e. The van der Waals surface area contributed by atoms with E-state index >= 15 is 0 Å². The molecule has 4 rings (SSSR count). The number of amides is 1. The van der Waals surface area contributed by atoms with Crippen LogP contribution >= 0.6 is 0 Å². The van der Waals surface area contributed by atoms with Gasteiger partial charge in [-0.15, -0.1) is 0 Å². The van der Waals surface area contributed by atoms with Crippen LogP contribution in [0.25, 0.3) is 11.5 Å². The smallest absolute Gasteiger partial charge is 0.293 e. The molecule has 2 aromatic carbocycles. The van der Waals surface area contributed by atoms with Crippen molar-refractivity contribution in [1.82, 2.24) is 15.5 Å². The van der Waals surface area contributed by atoms with Gasteiger partial charge in [0.25, 0.3) is 17.6 Å². The highest BCUT2D eigenvalue weighted by Crippen LogP contribution is 2.35. The minimum Gasteiger partial charge on any atom is -0.454 e. The fourth-order valence-electron chi connectivity index (χ4n) is 2.56. The lowest BCUT2D eigenvalue weighted by Crippen LogP contribution is -2.27. The normalized spacial score (nSPS) is 13.5. The predicted octanol–water partition coefficient (Wildman–Crippen LogP) is 3.10. The number of benzene rings is 2. The Bertz CT molecular complexity index is 955. The minimum absolute atomic E-state index is 0.0911. The number of halogens is 1. The van der Waals surface area contributed by atoms with Crippen LogP contribution in [0.2, 0.25) is 0 Å². The number of nitrogens with one attached hydrogen (secondary N) is 1. The monoisotopic (exact) mass is 355 g/mol. The summed E-state index contributed by atoms with van der Waals surface area (Å²) in [6, 6.07) is 10.7. The highest BCUT2D eigenvalue weighted by atomic mass is 19.1. The van der Waals surface area contributed by atoms with Crippen LogP contribution in [0.15, 0.2) is 47.0 Å². The number of rotatable bonds is 4. The highest BCUT2D eigenvalue weighted by molar-refractivity contribution is 5.90. The molecule has 26 heavy (non-hydrogen) atoms. The second-order valence-corrected chi connectivity index (χ2v) is 5.74. The van der Waals surface area contributed by atoms with E-state index in [1.807, 2.05) is 0 Å². The molecule has 1 atom stereocenters. The van der Waals surface area contributed by atoms with Crippen molar-refractivity contribution in [2.45, 2.75) is 13.0 Å². The van der Waals surface area contributed by atoms with E-state index in [0.717, 1.165) is 5.56 Å². The van der Waals surface area contributed by atoms with Crippen LogP contribution in [0.1, 0.15) is 29.1 Å². The SMILES string of the molecule is C[C@@H](NC(=O)c1noc(-c2ccc3c(c2)OCO3)n1)c1ccc(F)cc1. The van der Waals surface area contributed by atoms with Crippen molar-refractivity contribution < 1.29 is 23.2 Å². The first-order chi connectivity index (χ1) is 12.6. The van der Waals surface area contributed by atoms with Gasteiger partial charge in [0, 0.05) is 5.56 Å². The predicted molar refractivity (Wildman–Crippen MR) is 88.1 cm³/mol. The summed E-state index contributed by atoms with van der Waals surface area (Å²) in [4.78, 5) is 16.4. The number of aromatic nitrogens is 2. The van der Waals surface area contributed by atoms with Gasteiger partial charge in [0.1, 0.15) is 5.82 Å². The third-order valence-electron chi connectivity index (χ3n) is 3.97. The Morgan fingerprint density at radius 2 is 1.92 bits per heavy atom. The van der Waals surface area contributed by atoms with Gasteiger partial charge < -0.3 is 19.3 Å². The molecule has 1 amide bonds. The quantitative estimate of drug-likeness (QED) is 0.774. The lowest BCUT2D eigenvalue weighted by molar-refractivity contribution is 0.0926. The number of fused-ring (bicyclic) bond motifs is 1. The molecule has 0 bridgehead atoms. The number of ether oxygens (including phenoxy) is 2. The van der Waals surface area contributed by atoms with E-state index in [1.54, 1.807) is 37.3 Å². The van der Waals surface area contributed by atoms with Crippen molar-refractivity contribution in [1.29, 1.82) is 0 Å². The maximum atomic E-state index is 13.0. The third-order valence-corrected chi connectivity index (χ3v) is 3.97. The van der Waals surface area contributed by atoms with E-state index in [9.17, 15) is 9.18 Å². The molecule has 2 heterocycles. The Kier molecular flexibility index (Phi) is 4.00. The Morgan fingerprint density at radius 1 is 1.15 bits per heavy atom. The molecule has 1 aliphatic heterocycles. The second kappa shape index (κ2) is 6.47. The zero-order chi connectivity index (χ0) is 18.1. The van der Waals surface area contributed by atoms with E-state index in [4.69, 9.17) is 14.0 Å². The molecule has 7 nitrogen and oxygen atoms in total. The molecular formula is C18H14FN3O4. The van der Waals surface area contributed by atoms with Crippen LogP contribution in [0, 0.1) is 5.82 Å². The molecule has 0 radical (unpaired) electrons. The number of nitrogens with zero attached hydrogens (tertiary/aromatic N) is 2. The van der Waals surface area contributed by atoms with Crippen molar-refractivity contribution in [3.05, 3.63) is 59.7 Å². The molecule has 0 aliphatic carbocycles. The van der Waals surface area contributed by atoms with Gasteiger partial charge in [0.05, 0.1) is 6.04 Å². The number of hydrogen-bond acceptors (Lipinski definition) is 6. The van der Waals surface area contributed by atoms with Gasteiger partial charge >= 0.3 is 0 Å². The van der Waals surface area contributed by atoms with E-state index in [-0.39, 0.29) is 30.4 Å². The average Bonchev–Trinajstić information content (AvgIpc) is 3.31. The summed E-state index contributed by atoms with van der Waals surface area (Å²) in [5.74, 6) is 0.502. The van der Waals surface area contributed by atoms with Crippen molar-refractivity contribution >= 4 is 5.91 Å². The Morgan fingerprint density at radius 3 is 2.73 bits per heavy atom. The van der Waals surface area contributed by atoms with E-state index in [0.29, 0.717) is 17.1 Å². The summed E-state index contributed by atoms with van der Waals surface area (Å²) < 4.78 is 28.7. The van der Waals surface area contributed by atoms with E-state index in [2.05, 4.69) is 15.5 Å². The maximum Gasteiger partial charge on any atom is 0.293 e. The summed E-state index contributed by atoms with van der Waals surface area (Å²) >= 11 is 0. The summed E-state index contributed by atoms with van der Waals surface area (Å²) in [5, 5.41) is 6.46. The molecule has 1 aliphatic rings. The molecule has 132 valence electrons. The first-order valence-electron chi connectivity index (χ1n) is 7.90. The van der Waals surface area contributed by atoms with E-state index < -0.39 is 5.91 Å². The van der Waals surface area contributed by atoms with Crippen molar-refractivity contribution in [2.24, 2.45) is 0 Å². The first-order valence-corrected chi connectivity index (χ1v) is 7.90. The molecule has 0 fully saturated rings. The zero-order valence-corrected chi connectivity index (χ0v) is 13.7. The average molecular weight is 355 g/mol. The van der Waals surface area contributed by atoms with Gasteiger partial charge in [-0.05, 0) is 42.8 Å². The number of carbonyl (C=O) groups is 1. The van der Waals surface area contributed by atoms with Gasteiger partial charge in [-0.1, -0.05) is 17.3 Å². The Hall–Kier alpha value is -3.42. The zero-order valence-electron chi connectivity index (χ0n) is 13.7. The fourth-order valence-corrected chi connectivity index (χ4v) is 2.56. The van der Waals surface area contributed by atoms with Crippen LogP contribution < -0.4 is 14.8 Å². The summed E-state index contributed by atoms with van der Waals surface area (Å²) in [6.45, 7) is 1.95. The Labute approximate surface area is 147 Å². The standard InChI is InChI=1S/C18H14FN3O4/c1-10(11-2-5-13(19)6-3-11)20-17(23)16-21-18(26-22-16)12-4-7-14-15(8-12)25-9-24-14/h2-8,10H,9H2,1H3,(H,20,23)/t10-/m1/s1. The Balaban J connectivity index is 1.48. The third kappa shape index (κ3) is 3.08. The van der Waals surface area contributed by atoms with Crippen LogP contribution in [-0.4, -0.2) is 22.8 Å². The molecule has 0 saturated carbocycles. The van der Waals surface area contributed by atoms with Gasteiger partial charge in [0.15, 0.2) is 11.5 Å². The molecule has 3 aromatic rings. The van der Waals surface area contributed by atoms with Gasteiger partial charge in [-0.25, -0.2) is 4.39 Å². The summed E-state index contributed by atoms with van der Waals surface area (Å²) in [6.07, 6.45) is 0. The molecule has 0 spiro atoms. The fraction of sp³-hybridized carbons (Fsp3) is 0.167. The van der Waals surface area contributed by atoms with Gasteiger partial charge in [0.2, 0.25) is 6.79 Å². The summed E-state index contributed by atoms with van der Waals surface area (Å²) in [7, 11) is 0. The van der Waals surface area contributed by atoms with Crippen molar-refractivity contribution in [3.63, 3.8) is 0 Å².